The number of ether oxygens (including phenoxy) is 1. The van der Waals surface area contributed by atoms with Crippen molar-refractivity contribution in [3.63, 3.8) is 0 Å². The number of anilines is 1. The van der Waals surface area contributed by atoms with Crippen LogP contribution in [0.4, 0.5) is 5.88 Å². The molecule has 0 unspecified atom stereocenters. The molecule has 5 heteroatoms. The number of nitrogens with zero attached hydrogens (tertiary/aromatic N) is 2. The Morgan fingerprint density at radius 3 is 2.92 bits per heavy atom. The largest absolute Gasteiger partial charge is 0.409 e. The van der Waals surface area contributed by atoms with Gasteiger partial charge in [0.05, 0.1) is 12.4 Å². The number of hydrogen-bond donors (Lipinski definition) is 1. The minimum Gasteiger partial charge on any atom is -0.409 e. The summed E-state index contributed by atoms with van der Waals surface area (Å²) in [5, 5.41) is 0. The van der Waals surface area contributed by atoms with Crippen LogP contribution < -0.4 is 10.5 Å². The third kappa shape index (κ3) is 1.76. The zero-order chi connectivity index (χ0) is 9.10. The third-order valence-corrected chi connectivity index (χ3v) is 1.34. The van der Waals surface area contributed by atoms with Crippen molar-refractivity contribution in [2.75, 3.05) is 5.73 Å². The van der Waals surface area contributed by atoms with E-state index >= 15 is 0 Å². The monoisotopic (exact) mass is 177 g/mol. The summed E-state index contributed by atoms with van der Waals surface area (Å²) in [6, 6.07) is 3.50. The van der Waals surface area contributed by atoms with Crippen LogP contribution in [0.1, 0.15) is 0 Å². The highest BCUT2D eigenvalue weighted by Crippen LogP contribution is 2.20. The van der Waals surface area contributed by atoms with Crippen molar-refractivity contribution in [2.24, 2.45) is 0 Å². The number of nitrogen functional groups attached to an aromatic ring is 1. The van der Waals surface area contributed by atoms with Gasteiger partial charge in [0.2, 0.25) is 5.88 Å². The zero-order valence-corrected chi connectivity index (χ0v) is 6.68. The number of nitrogens with two attached hydrogens (primary N) is 1. The lowest BCUT2D eigenvalue weighted by molar-refractivity contribution is 0.336. The van der Waals surface area contributed by atoms with Gasteiger partial charge in [-0.1, -0.05) is 0 Å². The van der Waals surface area contributed by atoms with Crippen LogP contribution >= 0.6 is 0 Å². The average Bonchev–Trinajstić information content (AvgIpc) is 2.53. The fraction of sp³-hybridized carbons (Fsp3) is 0. The van der Waals surface area contributed by atoms with Gasteiger partial charge in [0.15, 0.2) is 5.75 Å². The number of oxazole rings is 1. The summed E-state index contributed by atoms with van der Waals surface area (Å²) in [6.45, 7) is 0. The first-order chi connectivity index (χ1) is 6.34. The molecule has 0 atom stereocenters. The molecule has 13 heavy (non-hydrogen) atoms. The maximum absolute atomic E-state index is 5.31. The van der Waals surface area contributed by atoms with Crippen molar-refractivity contribution in [3.05, 3.63) is 30.7 Å². The minimum absolute atomic E-state index is 0.116. The van der Waals surface area contributed by atoms with E-state index in [2.05, 4.69) is 9.97 Å². The Hall–Kier alpha value is -2.04. The van der Waals surface area contributed by atoms with Crippen LogP contribution in [-0.4, -0.2) is 9.97 Å². The molecule has 2 aromatic rings. The number of hydrogen-bond acceptors (Lipinski definition) is 5. The van der Waals surface area contributed by atoms with Crippen LogP contribution in [0.15, 0.2) is 35.1 Å². The van der Waals surface area contributed by atoms with E-state index in [1.165, 1.54) is 6.20 Å². The molecule has 2 rings (SSSR count). The quantitative estimate of drug-likeness (QED) is 0.751. The predicted octanol–water partition coefficient (Wildman–Crippen LogP) is 1.44. The Morgan fingerprint density at radius 1 is 1.38 bits per heavy atom. The molecule has 0 aliphatic rings. The van der Waals surface area contributed by atoms with Crippen molar-refractivity contribution in [1.29, 1.82) is 0 Å². The van der Waals surface area contributed by atoms with Gasteiger partial charge in [-0.25, -0.2) is 0 Å². The molecule has 0 radical (unpaired) electrons. The molecule has 2 N–H and O–H groups in total. The topological polar surface area (TPSA) is 74.2 Å². The van der Waals surface area contributed by atoms with Crippen LogP contribution in [0.5, 0.6) is 11.8 Å². The molecule has 0 spiro atoms. The summed E-state index contributed by atoms with van der Waals surface area (Å²) in [4.78, 5) is 7.63. The molecule has 5 nitrogen and oxygen atoms in total. The zero-order valence-electron chi connectivity index (χ0n) is 6.68. The highest BCUT2D eigenvalue weighted by Gasteiger charge is 2.02. The molecule has 2 heterocycles. The van der Waals surface area contributed by atoms with Crippen LogP contribution in [0, 0.1) is 0 Å². The average molecular weight is 177 g/mol. The fourth-order valence-electron chi connectivity index (χ4n) is 0.825. The first-order valence-corrected chi connectivity index (χ1v) is 3.64. The second kappa shape index (κ2) is 3.14. The second-order valence-corrected chi connectivity index (χ2v) is 2.32. The van der Waals surface area contributed by atoms with Gasteiger partial charge >= 0.3 is 6.08 Å². The minimum atomic E-state index is 0.116. The van der Waals surface area contributed by atoms with Crippen LogP contribution in [0.3, 0.4) is 0 Å². The molecule has 0 saturated heterocycles. The highest BCUT2D eigenvalue weighted by molar-refractivity contribution is 5.23. The van der Waals surface area contributed by atoms with Crippen LogP contribution in [0.25, 0.3) is 0 Å². The van der Waals surface area contributed by atoms with E-state index in [1.54, 1.807) is 24.5 Å². The van der Waals surface area contributed by atoms with E-state index in [1.807, 2.05) is 0 Å². The first kappa shape index (κ1) is 7.60. The van der Waals surface area contributed by atoms with Gasteiger partial charge in [0.1, 0.15) is 0 Å². The Balaban J connectivity index is 2.15. The summed E-state index contributed by atoms with van der Waals surface area (Å²) in [7, 11) is 0. The van der Waals surface area contributed by atoms with Gasteiger partial charge in [0.25, 0.3) is 0 Å². The first-order valence-electron chi connectivity index (χ1n) is 3.64. The molecular weight excluding hydrogens is 170 g/mol. The van der Waals surface area contributed by atoms with Crippen LogP contribution in [-0.2, 0) is 0 Å². The van der Waals surface area contributed by atoms with Crippen molar-refractivity contribution < 1.29 is 9.15 Å². The van der Waals surface area contributed by atoms with E-state index in [4.69, 9.17) is 14.9 Å². The summed E-state index contributed by atoms with van der Waals surface area (Å²) >= 11 is 0. The van der Waals surface area contributed by atoms with Gasteiger partial charge in [-0.15, -0.1) is 0 Å². The van der Waals surface area contributed by atoms with Gasteiger partial charge in [-0.2, -0.15) is 4.98 Å². The smallest absolute Gasteiger partial charge is 0.401 e. The molecule has 0 bridgehead atoms. The second-order valence-electron chi connectivity index (χ2n) is 2.32. The highest BCUT2D eigenvalue weighted by atomic mass is 16.6. The molecule has 0 aromatic carbocycles. The van der Waals surface area contributed by atoms with E-state index in [-0.39, 0.29) is 12.0 Å². The Kier molecular flexibility index (Phi) is 1.84. The Labute approximate surface area is 74.2 Å². The van der Waals surface area contributed by atoms with Crippen LogP contribution in [0.2, 0.25) is 0 Å². The standard InChI is InChI=1S/C8H7N3O2/c9-7-5-11-8(13-7)12-6-2-1-3-10-4-6/h1-5H,9H2. The van der Waals surface area contributed by atoms with Gasteiger partial charge in [-0.3, -0.25) is 4.98 Å². The number of aromatic nitrogens is 2. The van der Waals surface area contributed by atoms with Crippen molar-refractivity contribution in [2.45, 2.75) is 0 Å². The van der Waals surface area contributed by atoms with E-state index in [0.29, 0.717) is 5.75 Å². The van der Waals surface area contributed by atoms with Gasteiger partial charge in [-0.05, 0) is 12.1 Å². The molecule has 0 fully saturated rings. The molecule has 0 aliphatic heterocycles. The molecule has 2 aromatic heterocycles. The Bertz CT molecular complexity index is 385. The lowest BCUT2D eigenvalue weighted by Gasteiger charge is -1.97. The fourth-order valence-corrected chi connectivity index (χ4v) is 0.825. The molecule has 0 aliphatic carbocycles. The summed E-state index contributed by atoms with van der Waals surface area (Å²) < 4.78 is 10.1. The van der Waals surface area contributed by atoms with E-state index in [9.17, 15) is 0 Å². The lowest BCUT2D eigenvalue weighted by atomic mass is 10.5. The summed E-state index contributed by atoms with van der Waals surface area (Å²) in [6.07, 6.45) is 4.70. The van der Waals surface area contributed by atoms with Crippen molar-refractivity contribution in [1.82, 2.24) is 9.97 Å². The maximum atomic E-state index is 5.31. The summed E-state index contributed by atoms with van der Waals surface area (Å²) in [5.41, 5.74) is 5.31. The maximum Gasteiger partial charge on any atom is 0.401 e. The molecular formula is C8H7N3O2. The summed E-state index contributed by atoms with van der Waals surface area (Å²) in [5.74, 6) is 0.781. The normalized spacial score (nSPS) is 9.85. The van der Waals surface area contributed by atoms with Gasteiger partial charge in [0, 0.05) is 6.20 Å². The molecule has 0 saturated carbocycles. The SMILES string of the molecule is Nc1cnc(Oc2cccnc2)o1. The number of rotatable bonds is 2. The molecule has 0 amide bonds. The van der Waals surface area contributed by atoms with Crippen molar-refractivity contribution in [3.8, 4) is 11.8 Å². The van der Waals surface area contributed by atoms with Gasteiger partial charge < -0.3 is 14.9 Å². The van der Waals surface area contributed by atoms with E-state index in [0.717, 1.165) is 0 Å². The Morgan fingerprint density at radius 2 is 2.31 bits per heavy atom. The van der Waals surface area contributed by atoms with E-state index < -0.39 is 0 Å². The third-order valence-electron chi connectivity index (χ3n) is 1.34. The van der Waals surface area contributed by atoms with Crippen molar-refractivity contribution >= 4 is 5.88 Å². The lowest BCUT2D eigenvalue weighted by Crippen LogP contribution is -1.83. The molecule has 66 valence electrons. The predicted molar refractivity (Wildman–Crippen MR) is 45.2 cm³/mol. The number of pyridine rings is 1.